The number of carboxylic acid groups (broad SMARTS) is 1. The van der Waals surface area contributed by atoms with Gasteiger partial charge >= 0.3 is 11.9 Å². The van der Waals surface area contributed by atoms with E-state index in [1.807, 2.05) is 21.1 Å². The van der Waals surface area contributed by atoms with E-state index in [9.17, 15) is 9.59 Å². The molecule has 0 aliphatic heterocycles. The molecule has 0 heterocycles. The van der Waals surface area contributed by atoms with Crippen LogP contribution in [0, 0.1) is 0 Å². The van der Waals surface area contributed by atoms with Crippen LogP contribution in [0.25, 0.3) is 0 Å². The van der Waals surface area contributed by atoms with Gasteiger partial charge in [0.05, 0.1) is 34.1 Å². The molecule has 5 heteroatoms. The maximum absolute atomic E-state index is 11.1. The predicted octanol–water partition coefficient (Wildman–Crippen LogP) is 0.879. The van der Waals surface area contributed by atoms with E-state index in [1.54, 1.807) is 6.92 Å². The second-order valence-corrected chi connectivity index (χ2v) is 4.87. The number of carbonyl (C=O) groups excluding carboxylic acids is 1. The van der Waals surface area contributed by atoms with E-state index >= 15 is 0 Å². The number of esters is 1. The van der Waals surface area contributed by atoms with E-state index in [0.29, 0.717) is 6.42 Å². The molecule has 1 N–H and O–H groups in total. The Kier molecular flexibility index (Phi) is 6.03. The number of aliphatic carboxylic acids is 1. The zero-order valence-corrected chi connectivity index (χ0v) is 10.5. The van der Waals surface area contributed by atoms with Crippen molar-refractivity contribution in [3.05, 3.63) is 0 Å². The molecule has 0 rings (SSSR count). The van der Waals surface area contributed by atoms with Gasteiger partial charge in [-0.3, -0.25) is 9.59 Å². The van der Waals surface area contributed by atoms with Crippen molar-refractivity contribution in [3.8, 4) is 0 Å². The lowest BCUT2D eigenvalue weighted by Crippen LogP contribution is -2.38. The highest BCUT2D eigenvalue weighted by Crippen LogP contribution is 2.08. The van der Waals surface area contributed by atoms with E-state index in [4.69, 9.17) is 9.84 Å². The second kappa shape index (κ2) is 6.48. The molecule has 16 heavy (non-hydrogen) atoms. The molecule has 0 aliphatic carbocycles. The summed E-state index contributed by atoms with van der Waals surface area (Å²) in [6.07, 6.45) is 0.218. The van der Waals surface area contributed by atoms with Gasteiger partial charge in [0.2, 0.25) is 0 Å². The van der Waals surface area contributed by atoms with Crippen LogP contribution >= 0.6 is 0 Å². The first-order chi connectivity index (χ1) is 7.24. The summed E-state index contributed by atoms with van der Waals surface area (Å²) in [5.41, 5.74) is 0. The molecule has 1 atom stereocenters. The van der Waals surface area contributed by atoms with Gasteiger partial charge in [-0.05, 0) is 0 Å². The van der Waals surface area contributed by atoms with Crippen molar-refractivity contribution in [2.75, 3.05) is 27.7 Å². The number of hydrogen-bond acceptors (Lipinski definition) is 3. The van der Waals surface area contributed by atoms with Gasteiger partial charge in [0.1, 0.15) is 6.10 Å². The van der Waals surface area contributed by atoms with Gasteiger partial charge in [-0.15, -0.1) is 0 Å². The van der Waals surface area contributed by atoms with Crippen molar-refractivity contribution in [1.82, 2.24) is 0 Å². The smallest absolute Gasteiger partial charge is 0.307 e. The van der Waals surface area contributed by atoms with E-state index in [0.717, 1.165) is 11.0 Å². The summed E-state index contributed by atoms with van der Waals surface area (Å²) in [6.45, 7) is 2.47. The van der Waals surface area contributed by atoms with Gasteiger partial charge in [0.25, 0.3) is 0 Å². The zero-order valence-electron chi connectivity index (χ0n) is 10.5. The lowest BCUT2D eigenvalue weighted by molar-refractivity contribution is -0.870. The summed E-state index contributed by atoms with van der Waals surface area (Å²) in [7, 11) is 6.04. The number of nitrogens with zero attached hydrogens (tertiary/aromatic N) is 1. The minimum atomic E-state index is -0.935. The standard InChI is InChI=1S/C11H21NO4/c1-5-11(15)16-9(8-10(13)14)6-7-12(2,3)4/h9H,5-8H2,1-4H3/p+1. The summed E-state index contributed by atoms with van der Waals surface area (Å²) >= 11 is 0. The highest BCUT2D eigenvalue weighted by atomic mass is 16.5. The van der Waals surface area contributed by atoms with Crippen LogP contribution in [0.3, 0.4) is 0 Å². The summed E-state index contributed by atoms with van der Waals surface area (Å²) < 4.78 is 5.80. The molecule has 1 unspecified atom stereocenters. The molecule has 0 spiro atoms. The highest BCUT2D eigenvalue weighted by molar-refractivity contribution is 5.71. The van der Waals surface area contributed by atoms with Gasteiger partial charge in [0.15, 0.2) is 0 Å². The molecule has 0 saturated heterocycles. The Hall–Kier alpha value is -1.10. The van der Waals surface area contributed by atoms with Crippen molar-refractivity contribution in [1.29, 1.82) is 0 Å². The SMILES string of the molecule is CCC(=O)OC(CC[N+](C)(C)C)CC(=O)O. The van der Waals surface area contributed by atoms with Gasteiger partial charge in [0, 0.05) is 12.8 Å². The first-order valence-corrected chi connectivity index (χ1v) is 5.46. The fourth-order valence-electron chi connectivity index (χ4n) is 1.20. The Morgan fingerprint density at radius 1 is 1.31 bits per heavy atom. The Morgan fingerprint density at radius 2 is 1.88 bits per heavy atom. The molecule has 0 amide bonds. The normalized spacial score (nSPS) is 13.2. The third-order valence-corrected chi connectivity index (χ3v) is 2.11. The van der Waals surface area contributed by atoms with Crippen LogP contribution in [-0.4, -0.2) is 55.3 Å². The number of hydrogen-bond donors (Lipinski definition) is 1. The molecular formula is C11H22NO4+. The van der Waals surface area contributed by atoms with Crippen molar-refractivity contribution in [2.45, 2.75) is 32.3 Å². The Balaban J connectivity index is 4.20. The number of carboxylic acids is 1. The topological polar surface area (TPSA) is 63.6 Å². The van der Waals surface area contributed by atoms with E-state index in [2.05, 4.69) is 0 Å². The number of rotatable bonds is 7. The Morgan fingerprint density at radius 3 is 2.25 bits per heavy atom. The van der Waals surface area contributed by atoms with Crippen LogP contribution in [0.4, 0.5) is 0 Å². The van der Waals surface area contributed by atoms with Crippen LogP contribution in [0.2, 0.25) is 0 Å². The average Bonchev–Trinajstić information content (AvgIpc) is 2.12. The minimum Gasteiger partial charge on any atom is -0.481 e. The molecular weight excluding hydrogens is 210 g/mol. The second-order valence-electron chi connectivity index (χ2n) is 4.87. The zero-order chi connectivity index (χ0) is 12.8. The van der Waals surface area contributed by atoms with E-state index < -0.39 is 12.1 Å². The molecule has 0 aromatic rings. The maximum atomic E-state index is 11.1. The monoisotopic (exact) mass is 232 g/mol. The first kappa shape index (κ1) is 14.9. The number of ether oxygens (including phenoxy) is 1. The van der Waals surface area contributed by atoms with Gasteiger partial charge in [-0.25, -0.2) is 0 Å². The van der Waals surface area contributed by atoms with Crippen molar-refractivity contribution in [3.63, 3.8) is 0 Å². The van der Waals surface area contributed by atoms with E-state index in [-0.39, 0.29) is 18.8 Å². The van der Waals surface area contributed by atoms with Crippen LogP contribution in [-0.2, 0) is 14.3 Å². The highest BCUT2D eigenvalue weighted by Gasteiger charge is 2.20. The Labute approximate surface area is 96.6 Å². The summed E-state index contributed by atoms with van der Waals surface area (Å²) in [4.78, 5) is 21.7. The summed E-state index contributed by atoms with van der Waals surface area (Å²) in [5.74, 6) is -1.28. The predicted molar refractivity (Wildman–Crippen MR) is 59.9 cm³/mol. The lowest BCUT2D eigenvalue weighted by Gasteiger charge is -2.26. The van der Waals surface area contributed by atoms with Gasteiger partial charge < -0.3 is 14.3 Å². The third kappa shape index (κ3) is 8.23. The van der Waals surface area contributed by atoms with Crippen molar-refractivity contribution >= 4 is 11.9 Å². The summed E-state index contributed by atoms with van der Waals surface area (Å²) in [6, 6.07) is 0. The first-order valence-electron chi connectivity index (χ1n) is 5.46. The number of carbonyl (C=O) groups is 2. The Bertz CT molecular complexity index is 245. The summed E-state index contributed by atoms with van der Waals surface area (Å²) in [5, 5.41) is 8.70. The molecule has 0 fully saturated rings. The quantitative estimate of drug-likeness (QED) is 0.523. The van der Waals surface area contributed by atoms with Crippen LogP contribution in [0.15, 0.2) is 0 Å². The van der Waals surface area contributed by atoms with Crippen LogP contribution in [0.1, 0.15) is 26.2 Å². The number of quaternary nitrogens is 1. The van der Waals surface area contributed by atoms with Crippen LogP contribution in [0.5, 0.6) is 0 Å². The van der Waals surface area contributed by atoms with Crippen molar-refractivity contribution < 1.29 is 23.9 Å². The van der Waals surface area contributed by atoms with Crippen molar-refractivity contribution in [2.24, 2.45) is 0 Å². The molecule has 0 bridgehead atoms. The molecule has 94 valence electrons. The average molecular weight is 232 g/mol. The largest absolute Gasteiger partial charge is 0.481 e. The van der Waals surface area contributed by atoms with Gasteiger partial charge in [-0.1, -0.05) is 6.92 Å². The molecule has 0 radical (unpaired) electrons. The molecule has 0 aliphatic rings. The fraction of sp³-hybridized carbons (Fsp3) is 0.818. The molecule has 0 aromatic heterocycles. The van der Waals surface area contributed by atoms with Crippen LogP contribution < -0.4 is 0 Å². The molecule has 5 nitrogen and oxygen atoms in total. The maximum Gasteiger partial charge on any atom is 0.307 e. The van der Waals surface area contributed by atoms with Gasteiger partial charge in [-0.2, -0.15) is 0 Å². The fourth-order valence-corrected chi connectivity index (χ4v) is 1.20. The minimum absolute atomic E-state index is 0.119. The molecule has 0 aromatic carbocycles. The van der Waals surface area contributed by atoms with E-state index in [1.165, 1.54) is 0 Å². The third-order valence-electron chi connectivity index (χ3n) is 2.11. The lowest BCUT2D eigenvalue weighted by atomic mass is 10.1. The molecule has 0 saturated carbocycles.